The van der Waals surface area contributed by atoms with Gasteiger partial charge in [0.15, 0.2) is 0 Å². The van der Waals surface area contributed by atoms with Gasteiger partial charge in [0, 0.05) is 17.8 Å². The molecule has 0 bridgehead atoms. The lowest BCUT2D eigenvalue weighted by molar-refractivity contribution is -0.119. The van der Waals surface area contributed by atoms with Crippen LogP contribution >= 0.6 is 0 Å². The molecule has 1 heterocycles. The Morgan fingerprint density at radius 3 is 2.55 bits per heavy atom. The molecular weight excluding hydrogens is 390 g/mol. The van der Waals surface area contributed by atoms with Crippen LogP contribution in [-0.2, 0) is 17.8 Å². The fourth-order valence-corrected chi connectivity index (χ4v) is 3.71. The van der Waals surface area contributed by atoms with Gasteiger partial charge in [0.25, 0.3) is 0 Å². The number of nitrogens with one attached hydrogen (secondary N) is 2. The number of para-hydroxylation sites is 2. The van der Waals surface area contributed by atoms with Crippen LogP contribution in [0.4, 0.5) is 21.9 Å². The van der Waals surface area contributed by atoms with E-state index >= 15 is 0 Å². The minimum absolute atomic E-state index is 0.113. The molecule has 0 unspecified atom stereocenters. The minimum atomic E-state index is -0.347. The van der Waals surface area contributed by atoms with Gasteiger partial charge in [-0.25, -0.2) is 4.79 Å². The Morgan fingerprint density at radius 1 is 0.968 bits per heavy atom. The molecule has 3 amide bonds. The van der Waals surface area contributed by atoms with E-state index in [0.29, 0.717) is 43.1 Å². The molecule has 0 aliphatic carbocycles. The highest BCUT2D eigenvalue weighted by atomic mass is 16.5. The molecule has 1 aliphatic rings. The quantitative estimate of drug-likeness (QED) is 0.581. The second-order valence-corrected chi connectivity index (χ2v) is 7.32. The molecule has 0 spiro atoms. The number of benzene rings is 3. The van der Waals surface area contributed by atoms with E-state index in [1.807, 2.05) is 78.6 Å². The van der Waals surface area contributed by atoms with Gasteiger partial charge in [0.05, 0.1) is 18.8 Å². The summed E-state index contributed by atoms with van der Waals surface area (Å²) in [6.45, 7) is 2.95. The summed E-state index contributed by atoms with van der Waals surface area (Å²) in [4.78, 5) is 26.9. The fourth-order valence-electron chi connectivity index (χ4n) is 3.71. The Balaban J connectivity index is 1.48. The zero-order valence-corrected chi connectivity index (χ0v) is 17.4. The van der Waals surface area contributed by atoms with Crippen molar-refractivity contribution in [2.45, 2.75) is 26.3 Å². The largest absolute Gasteiger partial charge is 0.492 e. The average Bonchev–Trinajstić information content (AvgIpc) is 2.78. The maximum atomic E-state index is 12.5. The van der Waals surface area contributed by atoms with Crippen LogP contribution in [0, 0.1) is 0 Å². The molecule has 0 radical (unpaired) electrons. The van der Waals surface area contributed by atoms with Crippen molar-refractivity contribution in [1.29, 1.82) is 0 Å². The molecule has 6 heteroatoms. The first-order chi connectivity index (χ1) is 15.1. The molecule has 0 saturated carbocycles. The summed E-state index contributed by atoms with van der Waals surface area (Å²) in [5.41, 5.74) is 4.31. The zero-order valence-electron chi connectivity index (χ0n) is 17.4. The van der Waals surface area contributed by atoms with Crippen LogP contribution in [0.5, 0.6) is 5.75 Å². The first kappa shape index (κ1) is 20.5. The Morgan fingerprint density at radius 2 is 1.74 bits per heavy atom. The van der Waals surface area contributed by atoms with Crippen LogP contribution in [0.2, 0.25) is 0 Å². The van der Waals surface area contributed by atoms with Crippen molar-refractivity contribution in [3.05, 3.63) is 83.9 Å². The molecule has 1 aliphatic heterocycles. The van der Waals surface area contributed by atoms with Crippen molar-refractivity contribution in [2.75, 3.05) is 22.1 Å². The lowest BCUT2D eigenvalue weighted by Gasteiger charge is -2.30. The van der Waals surface area contributed by atoms with Gasteiger partial charge in [-0.15, -0.1) is 0 Å². The van der Waals surface area contributed by atoms with E-state index in [-0.39, 0.29) is 11.9 Å². The van der Waals surface area contributed by atoms with E-state index < -0.39 is 0 Å². The lowest BCUT2D eigenvalue weighted by Crippen LogP contribution is -2.34. The molecule has 3 aromatic carbocycles. The standard InChI is InChI=1S/C25H25N3O3/c1-2-31-23-11-7-6-10-21(23)27-25(30)26-20-13-14-22-19(16-20)12-15-24(29)28(22)17-18-8-4-3-5-9-18/h3-11,13-14,16H,2,12,15,17H2,1H3,(H2,26,27,30). The second kappa shape index (κ2) is 9.34. The van der Waals surface area contributed by atoms with Crippen LogP contribution in [0.1, 0.15) is 24.5 Å². The number of amides is 3. The summed E-state index contributed by atoms with van der Waals surface area (Å²) in [6, 6.07) is 22.6. The molecule has 6 nitrogen and oxygen atoms in total. The highest BCUT2D eigenvalue weighted by molar-refractivity contribution is 6.01. The van der Waals surface area contributed by atoms with Gasteiger partial charge >= 0.3 is 6.03 Å². The van der Waals surface area contributed by atoms with Crippen LogP contribution in [0.3, 0.4) is 0 Å². The van der Waals surface area contributed by atoms with E-state index in [0.717, 1.165) is 16.8 Å². The molecule has 158 valence electrons. The van der Waals surface area contributed by atoms with Gasteiger partial charge in [-0.3, -0.25) is 4.79 Å². The van der Waals surface area contributed by atoms with Crippen molar-refractivity contribution in [3.8, 4) is 5.75 Å². The number of hydrogen-bond donors (Lipinski definition) is 2. The number of hydrogen-bond acceptors (Lipinski definition) is 3. The Kier molecular flexibility index (Phi) is 6.17. The summed E-state index contributed by atoms with van der Waals surface area (Å²) in [6.07, 6.45) is 1.11. The van der Waals surface area contributed by atoms with Crippen molar-refractivity contribution < 1.29 is 14.3 Å². The number of urea groups is 1. The SMILES string of the molecule is CCOc1ccccc1NC(=O)Nc1ccc2c(c1)CCC(=O)N2Cc1ccccc1. The predicted molar refractivity (Wildman–Crippen MR) is 123 cm³/mol. The van der Waals surface area contributed by atoms with Crippen LogP contribution < -0.4 is 20.3 Å². The fraction of sp³-hybridized carbons (Fsp3) is 0.200. The third kappa shape index (κ3) is 4.86. The van der Waals surface area contributed by atoms with Gasteiger partial charge in [-0.1, -0.05) is 42.5 Å². The first-order valence-electron chi connectivity index (χ1n) is 10.4. The molecule has 31 heavy (non-hydrogen) atoms. The molecule has 0 aromatic heterocycles. The van der Waals surface area contributed by atoms with E-state index in [1.165, 1.54) is 0 Å². The summed E-state index contributed by atoms with van der Waals surface area (Å²) in [5, 5.41) is 5.71. The summed E-state index contributed by atoms with van der Waals surface area (Å²) in [5.74, 6) is 0.739. The number of rotatable bonds is 6. The highest BCUT2D eigenvalue weighted by Crippen LogP contribution is 2.32. The van der Waals surface area contributed by atoms with Crippen LogP contribution in [0.25, 0.3) is 0 Å². The predicted octanol–water partition coefficient (Wildman–Crippen LogP) is 5.21. The number of ether oxygens (including phenoxy) is 1. The number of fused-ring (bicyclic) bond motifs is 1. The van der Waals surface area contributed by atoms with Crippen molar-refractivity contribution in [2.24, 2.45) is 0 Å². The van der Waals surface area contributed by atoms with Gasteiger partial charge in [-0.2, -0.15) is 0 Å². The zero-order chi connectivity index (χ0) is 21.6. The molecule has 2 N–H and O–H groups in total. The van der Waals surface area contributed by atoms with Crippen LogP contribution in [-0.4, -0.2) is 18.5 Å². The molecule has 0 saturated heterocycles. The number of anilines is 3. The van der Waals surface area contributed by atoms with Gasteiger partial charge in [0.1, 0.15) is 5.75 Å². The topological polar surface area (TPSA) is 70.7 Å². The van der Waals surface area contributed by atoms with E-state index in [2.05, 4.69) is 10.6 Å². The molecule has 0 fully saturated rings. The van der Waals surface area contributed by atoms with Gasteiger partial charge in [-0.05, 0) is 54.8 Å². The maximum absolute atomic E-state index is 12.5. The number of aryl methyl sites for hydroxylation is 1. The first-order valence-corrected chi connectivity index (χ1v) is 10.4. The summed E-state index contributed by atoms with van der Waals surface area (Å²) >= 11 is 0. The van der Waals surface area contributed by atoms with E-state index in [1.54, 1.807) is 6.07 Å². The minimum Gasteiger partial charge on any atom is -0.492 e. The smallest absolute Gasteiger partial charge is 0.323 e. The van der Waals surface area contributed by atoms with Gasteiger partial charge in [0.2, 0.25) is 5.91 Å². The summed E-state index contributed by atoms with van der Waals surface area (Å²) < 4.78 is 5.55. The second-order valence-electron chi connectivity index (χ2n) is 7.32. The summed E-state index contributed by atoms with van der Waals surface area (Å²) in [7, 11) is 0. The third-order valence-corrected chi connectivity index (χ3v) is 5.16. The number of nitrogens with zero attached hydrogens (tertiary/aromatic N) is 1. The van der Waals surface area contributed by atoms with Crippen molar-refractivity contribution in [3.63, 3.8) is 0 Å². The maximum Gasteiger partial charge on any atom is 0.323 e. The molecule has 4 rings (SSSR count). The highest BCUT2D eigenvalue weighted by Gasteiger charge is 2.24. The van der Waals surface area contributed by atoms with E-state index in [4.69, 9.17) is 4.74 Å². The monoisotopic (exact) mass is 415 g/mol. The third-order valence-electron chi connectivity index (χ3n) is 5.16. The molecular formula is C25H25N3O3. The van der Waals surface area contributed by atoms with Crippen LogP contribution in [0.15, 0.2) is 72.8 Å². The Bertz CT molecular complexity index is 1080. The number of carbonyl (C=O) groups is 2. The molecule has 3 aromatic rings. The molecule has 0 atom stereocenters. The Labute approximate surface area is 181 Å². The van der Waals surface area contributed by atoms with Gasteiger partial charge < -0.3 is 20.3 Å². The van der Waals surface area contributed by atoms with Crippen molar-refractivity contribution in [1.82, 2.24) is 0 Å². The lowest BCUT2D eigenvalue weighted by atomic mass is 9.99. The van der Waals surface area contributed by atoms with Crippen molar-refractivity contribution >= 4 is 29.0 Å². The number of carbonyl (C=O) groups excluding carboxylic acids is 2. The average molecular weight is 415 g/mol. The van der Waals surface area contributed by atoms with E-state index in [9.17, 15) is 9.59 Å². The Hall–Kier alpha value is -3.80. The normalized spacial score (nSPS) is 12.8.